The van der Waals surface area contributed by atoms with E-state index in [0.29, 0.717) is 5.89 Å². The van der Waals surface area contributed by atoms with Crippen molar-refractivity contribution in [3.63, 3.8) is 0 Å². The molecule has 0 saturated carbocycles. The molecule has 8 aromatic carbocycles. The van der Waals surface area contributed by atoms with Crippen LogP contribution in [0.3, 0.4) is 0 Å². The number of nitrogens with zero attached hydrogens (tertiary/aromatic N) is 1. The van der Waals surface area contributed by atoms with Crippen LogP contribution in [-0.2, 0) is 0 Å². The standard InChI is InChI=1S/C43H23NO2/c1-2-7-26(8-3-1)43-44-41-37(46-43)22-17-25-15-13-24-14-16-27(23-35(24)38(25)41)28-18-21-34-39-30(28)10-6-11-31(39)32-19-20-33-29-9-4-5-12-36(29)45-42(33)40(32)34/h1-23H. The van der Waals surface area contributed by atoms with Gasteiger partial charge in [0.25, 0.3) is 0 Å². The first-order chi connectivity index (χ1) is 22.8. The van der Waals surface area contributed by atoms with E-state index in [9.17, 15) is 0 Å². The van der Waals surface area contributed by atoms with Crippen molar-refractivity contribution in [3.05, 3.63) is 140 Å². The van der Waals surface area contributed by atoms with Gasteiger partial charge in [-0.2, -0.15) is 0 Å². The van der Waals surface area contributed by atoms with Crippen LogP contribution in [0.1, 0.15) is 0 Å². The first kappa shape index (κ1) is 24.2. The van der Waals surface area contributed by atoms with E-state index >= 15 is 0 Å². The number of hydrogen-bond donors (Lipinski definition) is 0. The van der Waals surface area contributed by atoms with Gasteiger partial charge in [-0.15, -0.1) is 0 Å². The predicted molar refractivity (Wildman–Crippen MR) is 189 cm³/mol. The summed E-state index contributed by atoms with van der Waals surface area (Å²) in [5, 5.41) is 9.46. The summed E-state index contributed by atoms with van der Waals surface area (Å²) in [6.45, 7) is 0. The van der Waals surface area contributed by atoms with Crippen LogP contribution in [0.5, 0.6) is 0 Å². The predicted octanol–water partition coefficient (Wildman–Crippen LogP) is 12.2. The van der Waals surface area contributed by atoms with Crippen molar-refractivity contribution in [1.82, 2.24) is 4.98 Å². The number of hydrogen-bond acceptors (Lipinski definition) is 3. The molecule has 212 valence electrons. The molecule has 0 fully saturated rings. The molecule has 0 spiro atoms. The third-order valence-corrected chi connectivity index (χ3v) is 9.84. The summed E-state index contributed by atoms with van der Waals surface area (Å²) in [7, 11) is 0. The summed E-state index contributed by atoms with van der Waals surface area (Å²) in [6, 6.07) is 49.5. The van der Waals surface area contributed by atoms with Crippen LogP contribution < -0.4 is 0 Å². The lowest BCUT2D eigenvalue weighted by atomic mass is 9.92. The summed E-state index contributed by atoms with van der Waals surface area (Å²) in [4.78, 5) is 5.03. The van der Waals surface area contributed by atoms with Crippen molar-refractivity contribution >= 4 is 65.4 Å². The Labute approximate surface area is 262 Å². The maximum absolute atomic E-state index is 6.51. The van der Waals surface area contributed by atoms with Crippen molar-refractivity contribution in [2.24, 2.45) is 0 Å². The summed E-state index contributed by atoms with van der Waals surface area (Å²) >= 11 is 0. The van der Waals surface area contributed by atoms with E-state index in [2.05, 4.69) is 97.1 Å². The Bertz CT molecular complexity index is 2910. The lowest BCUT2D eigenvalue weighted by Gasteiger charge is -2.12. The van der Waals surface area contributed by atoms with Crippen molar-refractivity contribution < 1.29 is 8.83 Å². The molecule has 2 heterocycles. The smallest absolute Gasteiger partial charge is 0.227 e. The van der Waals surface area contributed by atoms with Gasteiger partial charge < -0.3 is 8.83 Å². The third kappa shape index (κ3) is 3.14. The number of benzene rings is 8. The van der Waals surface area contributed by atoms with Gasteiger partial charge in [-0.1, -0.05) is 103 Å². The Morgan fingerprint density at radius 1 is 0.413 bits per heavy atom. The topological polar surface area (TPSA) is 39.2 Å². The van der Waals surface area contributed by atoms with Crippen LogP contribution in [0, 0.1) is 0 Å². The molecule has 0 bridgehead atoms. The van der Waals surface area contributed by atoms with Crippen LogP contribution in [0.2, 0.25) is 0 Å². The fourth-order valence-electron chi connectivity index (χ4n) is 7.77. The minimum atomic E-state index is 0.641. The molecule has 2 aromatic heterocycles. The van der Waals surface area contributed by atoms with E-state index in [0.717, 1.165) is 49.4 Å². The van der Waals surface area contributed by atoms with Crippen LogP contribution >= 0.6 is 0 Å². The second kappa shape index (κ2) is 8.71. The van der Waals surface area contributed by atoms with Crippen LogP contribution in [0.4, 0.5) is 0 Å². The van der Waals surface area contributed by atoms with Gasteiger partial charge >= 0.3 is 0 Å². The zero-order chi connectivity index (χ0) is 29.9. The van der Waals surface area contributed by atoms with Gasteiger partial charge in [0.15, 0.2) is 5.58 Å². The van der Waals surface area contributed by atoms with Crippen LogP contribution in [-0.4, -0.2) is 4.98 Å². The monoisotopic (exact) mass is 585 g/mol. The van der Waals surface area contributed by atoms with Crippen LogP contribution in [0.25, 0.3) is 110 Å². The van der Waals surface area contributed by atoms with Gasteiger partial charge in [0.1, 0.15) is 16.7 Å². The van der Waals surface area contributed by atoms with Gasteiger partial charge in [0.2, 0.25) is 5.89 Å². The Balaban J connectivity index is 1.15. The molecule has 0 radical (unpaired) electrons. The molecule has 0 unspecified atom stereocenters. The molecule has 1 aliphatic rings. The normalized spacial score (nSPS) is 12.3. The average molecular weight is 586 g/mol. The zero-order valence-corrected chi connectivity index (χ0v) is 24.5. The van der Waals surface area contributed by atoms with E-state index < -0.39 is 0 Å². The number of aromatic nitrogens is 1. The van der Waals surface area contributed by atoms with Gasteiger partial charge in [-0.05, 0) is 91.1 Å². The molecule has 0 N–H and O–H groups in total. The number of oxazole rings is 1. The zero-order valence-electron chi connectivity index (χ0n) is 24.5. The maximum atomic E-state index is 6.51. The van der Waals surface area contributed by atoms with Crippen LogP contribution in [0.15, 0.2) is 148 Å². The largest absolute Gasteiger partial charge is 0.455 e. The SMILES string of the molecule is c1ccc(-c2nc3c(ccc4ccc5ccc(-c6ccc7c8c(cccc68)-c6ccc8c(oc9ccccc98)c6-7)cc5c43)o2)cc1. The van der Waals surface area contributed by atoms with Crippen molar-refractivity contribution in [2.75, 3.05) is 0 Å². The molecular weight excluding hydrogens is 562 g/mol. The van der Waals surface area contributed by atoms with Crippen molar-refractivity contribution in [3.8, 4) is 44.8 Å². The molecule has 1 aliphatic carbocycles. The summed E-state index contributed by atoms with van der Waals surface area (Å²) in [5.74, 6) is 0.641. The van der Waals surface area contributed by atoms with Gasteiger partial charge in [-0.25, -0.2) is 4.98 Å². The first-order valence-corrected chi connectivity index (χ1v) is 15.6. The van der Waals surface area contributed by atoms with E-state index in [4.69, 9.17) is 13.8 Å². The molecule has 46 heavy (non-hydrogen) atoms. The second-order valence-electron chi connectivity index (χ2n) is 12.2. The molecule has 0 aliphatic heterocycles. The highest BCUT2D eigenvalue weighted by atomic mass is 16.3. The minimum Gasteiger partial charge on any atom is -0.455 e. The van der Waals surface area contributed by atoms with Gasteiger partial charge in [0, 0.05) is 27.3 Å². The molecular formula is C43H23NO2. The number of furan rings is 1. The molecule has 3 nitrogen and oxygen atoms in total. The Hall–Kier alpha value is -6.19. The first-order valence-electron chi connectivity index (χ1n) is 15.6. The third-order valence-electron chi connectivity index (χ3n) is 9.84. The van der Waals surface area contributed by atoms with E-state index in [1.165, 1.54) is 54.9 Å². The second-order valence-corrected chi connectivity index (χ2v) is 12.2. The van der Waals surface area contributed by atoms with E-state index in [1.54, 1.807) is 0 Å². The summed E-state index contributed by atoms with van der Waals surface area (Å²) in [5.41, 5.74) is 11.9. The highest BCUT2D eigenvalue weighted by Gasteiger charge is 2.27. The molecule has 0 amide bonds. The van der Waals surface area contributed by atoms with E-state index in [-0.39, 0.29) is 0 Å². The number of fused-ring (bicyclic) bond motifs is 12. The highest BCUT2D eigenvalue weighted by molar-refractivity contribution is 6.25. The van der Waals surface area contributed by atoms with E-state index in [1.807, 2.05) is 42.5 Å². The highest BCUT2D eigenvalue weighted by Crippen LogP contribution is 2.53. The molecule has 0 atom stereocenters. The molecule has 11 rings (SSSR count). The Kier molecular flexibility index (Phi) is 4.58. The average Bonchev–Trinajstić information content (AvgIpc) is 3.81. The maximum Gasteiger partial charge on any atom is 0.227 e. The van der Waals surface area contributed by atoms with Gasteiger partial charge in [0.05, 0.1) is 0 Å². The van der Waals surface area contributed by atoms with Gasteiger partial charge in [-0.3, -0.25) is 0 Å². The molecule has 0 saturated heterocycles. The summed E-state index contributed by atoms with van der Waals surface area (Å²) in [6.07, 6.45) is 0. The lowest BCUT2D eigenvalue weighted by molar-refractivity contribution is 0.620. The minimum absolute atomic E-state index is 0.641. The van der Waals surface area contributed by atoms with Crippen molar-refractivity contribution in [1.29, 1.82) is 0 Å². The summed E-state index contributed by atoms with van der Waals surface area (Å²) < 4.78 is 12.8. The van der Waals surface area contributed by atoms with Crippen molar-refractivity contribution in [2.45, 2.75) is 0 Å². The fourth-order valence-corrected chi connectivity index (χ4v) is 7.77. The Morgan fingerprint density at radius 2 is 1.20 bits per heavy atom. The number of para-hydroxylation sites is 1. The lowest BCUT2D eigenvalue weighted by Crippen LogP contribution is -1.86. The molecule has 10 aromatic rings. The molecule has 3 heteroatoms. The quantitative estimate of drug-likeness (QED) is 0.189. The number of rotatable bonds is 2. The fraction of sp³-hybridized carbons (Fsp3) is 0. The Morgan fingerprint density at radius 3 is 2.15 bits per heavy atom.